The number of β-amino-alcohol motifs (C(OH)–C–C–N with tert-alkyl or cyclic N) is 1. The molecule has 2 aliphatic rings. The zero-order valence-corrected chi connectivity index (χ0v) is 12.3. The molecule has 0 spiro atoms. The minimum absolute atomic E-state index is 0.121. The molecule has 0 aliphatic carbocycles. The molecule has 6 heteroatoms. The molecule has 2 saturated heterocycles. The van der Waals surface area contributed by atoms with Gasteiger partial charge in [-0.2, -0.15) is 0 Å². The molecule has 2 heterocycles. The van der Waals surface area contributed by atoms with E-state index in [1.807, 2.05) is 11.0 Å². The summed E-state index contributed by atoms with van der Waals surface area (Å²) >= 11 is 0. The van der Waals surface area contributed by atoms with E-state index in [0.717, 1.165) is 0 Å². The van der Waals surface area contributed by atoms with Crippen LogP contribution in [-0.2, 0) is 0 Å². The number of carbonyl (C=O) groups excluding carboxylic acids is 1. The second-order valence-electron chi connectivity index (χ2n) is 6.10. The van der Waals surface area contributed by atoms with Crippen molar-refractivity contribution in [2.45, 2.75) is 30.9 Å². The molecule has 2 fully saturated rings. The van der Waals surface area contributed by atoms with E-state index in [1.165, 1.54) is 0 Å². The highest BCUT2D eigenvalue weighted by Crippen LogP contribution is 2.30. The third kappa shape index (κ3) is 3.13. The highest BCUT2D eigenvalue weighted by Gasteiger charge is 2.42. The molecule has 0 bridgehead atoms. The van der Waals surface area contributed by atoms with Crippen LogP contribution in [0.1, 0.15) is 23.2 Å². The van der Waals surface area contributed by atoms with Crippen molar-refractivity contribution >= 4 is 5.91 Å². The Hall–Kier alpha value is -1.53. The number of amides is 1. The average Bonchev–Trinajstić information content (AvgIpc) is 2.89. The summed E-state index contributed by atoms with van der Waals surface area (Å²) in [5.41, 5.74) is 0.584. The predicted octanol–water partition coefficient (Wildman–Crippen LogP) is 1.60. The molecule has 1 aromatic rings. The Kier molecular flexibility index (Phi) is 4.14. The fourth-order valence-corrected chi connectivity index (χ4v) is 3.24. The van der Waals surface area contributed by atoms with Crippen molar-refractivity contribution in [1.82, 2.24) is 9.80 Å². The quantitative estimate of drug-likeness (QED) is 0.902. The van der Waals surface area contributed by atoms with Crippen LogP contribution in [0.15, 0.2) is 30.3 Å². The van der Waals surface area contributed by atoms with Gasteiger partial charge >= 0.3 is 0 Å². The van der Waals surface area contributed by atoms with Gasteiger partial charge in [0, 0.05) is 44.6 Å². The summed E-state index contributed by atoms with van der Waals surface area (Å²) in [5.74, 6) is -2.72. The Labute approximate surface area is 128 Å². The van der Waals surface area contributed by atoms with Crippen LogP contribution in [-0.4, -0.2) is 65.1 Å². The number of benzene rings is 1. The second kappa shape index (κ2) is 5.93. The lowest BCUT2D eigenvalue weighted by Gasteiger charge is -2.36. The van der Waals surface area contributed by atoms with Crippen LogP contribution in [0.3, 0.4) is 0 Å². The molecule has 1 aromatic carbocycles. The Balaban J connectivity index is 1.64. The average molecular weight is 310 g/mol. The van der Waals surface area contributed by atoms with Gasteiger partial charge in [0.05, 0.1) is 12.1 Å². The van der Waals surface area contributed by atoms with Crippen molar-refractivity contribution in [3.05, 3.63) is 35.9 Å². The van der Waals surface area contributed by atoms with E-state index in [-0.39, 0.29) is 44.4 Å². The Morgan fingerprint density at radius 1 is 1.14 bits per heavy atom. The highest BCUT2D eigenvalue weighted by molar-refractivity contribution is 5.94. The smallest absolute Gasteiger partial charge is 0.253 e. The van der Waals surface area contributed by atoms with E-state index in [1.54, 1.807) is 29.2 Å². The van der Waals surface area contributed by atoms with E-state index in [9.17, 15) is 18.7 Å². The van der Waals surface area contributed by atoms with E-state index in [0.29, 0.717) is 12.1 Å². The molecule has 0 radical (unpaired) electrons. The van der Waals surface area contributed by atoms with Crippen LogP contribution in [0.5, 0.6) is 0 Å². The van der Waals surface area contributed by atoms with E-state index in [2.05, 4.69) is 0 Å². The maximum Gasteiger partial charge on any atom is 0.253 e. The standard InChI is InChI=1S/C16H20F2N2O2/c17-16(18)6-8-19(9-7-16)13-10-20(11-14(13)21)15(22)12-4-2-1-3-5-12/h1-5,13-14,21H,6-11H2/t13-,14-/m1/s1. The van der Waals surface area contributed by atoms with Gasteiger partial charge in [0.15, 0.2) is 0 Å². The molecule has 0 saturated carbocycles. The Morgan fingerprint density at radius 2 is 1.77 bits per heavy atom. The van der Waals surface area contributed by atoms with Crippen LogP contribution in [0.2, 0.25) is 0 Å². The number of rotatable bonds is 2. The van der Waals surface area contributed by atoms with Gasteiger partial charge in [-0.15, -0.1) is 0 Å². The van der Waals surface area contributed by atoms with Gasteiger partial charge in [-0.1, -0.05) is 18.2 Å². The predicted molar refractivity (Wildman–Crippen MR) is 77.9 cm³/mol. The molecule has 2 atom stereocenters. The number of hydrogen-bond acceptors (Lipinski definition) is 3. The maximum absolute atomic E-state index is 13.2. The first kappa shape index (κ1) is 15.4. The van der Waals surface area contributed by atoms with Crippen LogP contribution in [0, 0.1) is 0 Å². The first-order valence-corrected chi connectivity index (χ1v) is 7.60. The van der Waals surface area contributed by atoms with Crippen molar-refractivity contribution in [3.8, 4) is 0 Å². The van der Waals surface area contributed by atoms with Crippen molar-refractivity contribution in [3.63, 3.8) is 0 Å². The normalized spacial score (nSPS) is 28.8. The van der Waals surface area contributed by atoms with Gasteiger partial charge < -0.3 is 10.0 Å². The molecule has 1 amide bonds. The Morgan fingerprint density at radius 3 is 2.41 bits per heavy atom. The number of likely N-dealkylation sites (tertiary alicyclic amines) is 2. The van der Waals surface area contributed by atoms with Gasteiger partial charge in [-0.05, 0) is 12.1 Å². The number of hydrogen-bond donors (Lipinski definition) is 1. The molecule has 0 unspecified atom stereocenters. The number of halogens is 2. The molecule has 4 nitrogen and oxygen atoms in total. The molecule has 22 heavy (non-hydrogen) atoms. The molecule has 120 valence electrons. The lowest BCUT2D eigenvalue weighted by Crippen LogP contribution is -2.49. The monoisotopic (exact) mass is 310 g/mol. The third-order valence-electron chi connectivity index (χ3n) is 4.57. The van der Waals surface area contributed by atoms with Crippen LogP contribution in [0.4, 0.5) is 8.78 Å². The molecule has 3 rings (SSSR count). The largest absolute Gasteiger partial charge is 0.390 e. The third-order valence-corrected chi connectivity index (χ3v) is 4.57. The fraction of sp³-hybridized carbons (Fsp3) is 0.562. The van der Waals surface area contributed by atoms with Gasteiger partial charge in [0.25, 0.3) is 11.8 Å². The summed E-state index contributed by atoms with van der Waals surface area (Å²) in [4.78, 5) is 15.9. The van der Waals surface area contributed by atoms with Crippen LogP contribution < -0.4 is 0 Å². The summed E-state index contributed by atoms with van der Waals surface area (Å²) in [6.45, 7) is 1.18. The van der Waals surface area contributed by atoms with Crippen molar-refractivity contribution in [2.75, 3.05) is 26.2 Å². The van der Waals surface area contributed by atoms with E-state index < -0.39 is 12.0 Å². The summed E-state index contributed by atoms with van der Waals surface area (Å²) in [6.07, 6.45) is -1.04. The van der Waals surface area contributed by atoms with Gasteiger partial charge in [-0.25, -0.2) is 8.78 Å². The van der Waals surface area contributed by atoms with Crippen LogP contribution >= 0.6 is 0 Å². The first-order valence-electron chi connectivity index (χ1n) is 7.60. The number of alkyl halides is 2. The number of aliphatic hydroxyl groups is 1. The molecular weight excluding hydrogens is 290 g/mol. The fourth-order valence-electron chi connectivity index (χ4n) is 3.24. The number of aliphatic hydroxyl groups excluding tert-OH is 1. The summed E-state index contributed by atoms with van der Waals surface area (Å²) in [7, 11) is 0. The molecule has 0 aromatic heterocycles. The first-order chi connectivity index (χ1) is 10.5. The van der Waals surface area contributed by atoms with Crippen molar-refractivity contribution < 1.29 is 18.7 Å². The van der Waals surface area contributed by atoms with Gasteiger partial charge in [0.1, 0.15) is 0 Å². The summed E-state index contributed by atoms with van der Waals surface area (Å²) < 4.78 is 26.5. The van der Waals surface area contributed by atoms with Crippen LogP contribution in [0.25, 0.3) is 0 Å². The number of carbonyl (C=O) groups is 1. The van der Waals surface area contributed by atoms with E-state index in [4.69, 9.17) is 0 Å². The number of piperidine rings is 1. The topological polar surface area (TPSA) is 43.8 Å². The highest BCUT2D eigenvalue weighted by atomic mass is 19.3. The minimum atomic E-state index is -2.60. The zero-order valence-electron chi connectivity index (χ0n) is 12.3. The lowest BCUT2D eigenvalue weighted by atomic mass is 10.0. The second-order valence-corrected chi connectivity index (χ2v) is 6.10. The van der Waals surface area contributed by atoms with Gasteiger partial charge in [-0.3, -0.25) is 9.69 Å². The maximum atomic E-state index is 13.2. The molecule has 2 aliphatic heterocycles. The SMILES string of the molecule is O=C(c1ccccc1)N1C[C@@H](O)[C@H](N2CCC(F)(F)CC2)C1. The lowest BCUT2D eigenvalue weighted by molar-refractivity contribution is -0.0697. The summed E-state index contributed by atoms with van der Waals surface area (Å²) in [6, 6.07) is 8.66. The molecule has 1 N–H and O–H groups in total. The van der Waals surface area contributed by atoms with Gasteiger partial charge in [0.2, 0.25) is 0 Å². The summed E-state index contributed by atoms with van der Waals surface area (Å²) in [5, 5.41) is 10.2. The van der Waals surface area contributed by atoms with E-state index >= 15 is 0 Å². The van der Waals surface area contributed by atoms with Crippen molar-refractivity contribution in [2.24, 2.45) is 0 Å². The van der Waals surface area contributed by atoms with Crippen molar-refractivity contribution in [1.29, 1.82) is 0 Å². The zero-order chi connectivity index (χ0) is 15.7. The molecular formula is C16H20F2N2O2. The minimum Gasteiger partial charge on any atom is -0.390 e. The Bertz CT molecular complexity index is 528. The number of nitrogens with zero attached hydrogens (tertiary/aromatic N) is 2.